The molecule has 2 atom stereocenters. The maximum absolute atomic E-state index is 11.8. The molecule has 1 aliphatic rings. The summed E-state index contributed by atoms with van der Waals surface area (Å²) in [5, 5.41) is 2.89. The van der Waals surface area contributed by atoms with Gasteiger partial charge in [-0.15, -0.1) is 0 Å². The number of rotatable bonds is 2. The largest absolute Gasteiger partial charge is 0.336 e. The third-order valence-electron chi connectivity index (χ3n) is 3.01. The summed E-state index contributed by atoms with van der Waals surface area (Å²) in [6, 6.07) is 0.520. The summed E-state index contributed by atoms with van der Waals surface area (Å²) < 4.78 is 0. The molecule has 2 unspecified atom stereocenters. The molecule has 0 bridgehead atoms. The Hall–Kier alpha value is -0.770. The Balaban J connectivity index is 2.50. The van der Waals surface area contributed by atoms with Crippen LogP contribution in [0.15, 0.2) is 0 Å². The molecule has 3 N–H and O–H groups in total. The van der Waals surface area contributed by atoms with Crippen molar-refractivity contribution < 1.29 is 4.79 Å². The molecule has 4 nitrogen and oxygen atoms in total. The number of carbonyl (C=O) groups is 1. The maximum atomic E-state index is 11.8. The molecule has 0 aliphatic heterocycles. The molecule has 1 aliphatic carbocycles. The zero-order valence-electron chi connectivity index (χ0n) is 9.99. The van der Waals surface area contributed by atoms with E-state index in [2.05, 4.69) is 5.32 Å². The van der Waals surface area contributed by atoms with Crippen LogP contribution in [0.3, 0.4) is 0 Å². The van der Waals surface area contributed by atoms with Crippen LogP contribution in [0.2, 0.25) is 0 Å². The third-order valence-corrected chi connectivity index (χ3v) is 3.01. The normalized spacial score (nSPS) is 26.5. The molecule has 0 radical (unpaired) electrons. The highest BCUT2D eigenvalue weighted by atomic mass is 16.2. The number of amides is 2. The zero-order valence-corrected chi connectivity index (χ0v) is 9.99. The van der Waals surface area contributed by atoms with Crippen LogP contribution in [0.4, 0.5) is 4.79 Å². The van der Waals surface area contributed by atoms with Crippen LogP contribution in [-0.4, -0.2) is 36.1 Å². The molecule has 0 aromatic heterocycles. The van der Waals surface area contributed by atoms with Crippen molar-refractivity contribution in [2.45, 2.75) is 57.7 Å². The number of carbonyl (C=O) groups excluding carboxylic acids is 1. The quantitative estimate of drug-likeness (QED) is 0.726. The maximum Gasteiger partial charge on any atom is 0.317 e. The van der Waals surface area contributed by atoms with Gasteiger partial charge in [0.1, 0.15) is 0 Å². The lowest BCUT2D eigenvalue weighted by molar-refractivity contribution is 0.161. The van der Waals surface area contributed by atoms with Gasteiger partial charge in [0.05, 0.1) is 0 Å². The number of hydrogen-bond acceptors (Lipinski definition) is 2. The van der Waals surface area contributed by atoms with Crippen molar-refractivity contribution in [1.82, 2.24) is 10.2 Å². The first-order chi connectivity index (χ1) is 7.02. The van der Waals surface area contributed by atoms with Gasteiger partial charge in [-0.2, -0.15) is 0 Å². The number of likely N-dealkylation sites (N-methyl/N-ethyl adjacent to an activating group) is 1. The van der Waals surface area contributed by atoms with E-state index < -0.39 is 0 Å². The van der Waals surface area contributed by atoms with E-state index in [0.717, 1.165) is 12.8 Å². The van der Waals surface area contributed by atoms with Crippen LogP contribution in [0.25, 0.3) is 0 Å². The molecular weight excluding hydrogens is 190 g/mol. The van der Waals surface area contributed by atoms with Gasteiger partial charge >= 0.3 is 6.03 Å². The van der Waals surface area contributed by atoms with Crippen molar-refractivity contribution in [2.24, 2.45) is 5.73 Å². The molecule has 1 fully saturated rings. The summed E-state index contributed by atoms with van der Waals surface area (Å²) in [6.45, 7) is 3.93. The summed E-state index contributed by atoms with van der Waals surface area (Å²) in [5.41, 5.74) is 6.03. The van der Waals surface area contributed by atoms with Crippen LogP contribution >= 0.6 is 0 Å². The van der Waals surface area contributed by atoms with E-state index in [1.54, 1.807) is 4.90 Å². The van der Waals surface area contributed by atoms with Crippen molar-refractivity contribution in [1.29, 1.82) is 0 Å². The van der Waals surface area contributed by atoms with E-state index in [9.17, 15) is 4.79 Å². The van der Waals surface area contributed by atoms with Gasteiger partial charge < -0.3 is 16.0 Å². The Morgan fingerprint density at radius 1 is 1.40 bits per heavy atom. The van der Waals surface area contributed by atoms with Gasteiger partial charge in [-0.25, -0.2) is 4.79 Å². The molecule has 1 rings (SSSR count). The molecule has 4 heteroatoms. The highest BCUT2D eigenvalue weighted by Gasteiger charge is 2.28. The number of nitrogens with zero attached hydrogens (tertiary/aromatic N) is 1. The fourth-order valence-electron chi connectivity index (χ4n) is 2.12. The van der Waals surface area contributed by atoms with Crippen molar-refractivity contribution in [2.75, 3.05) is 7.05 Å². The predicted molar refractivity (Wildman–Crippen MR) is 61.7 cm³/mol. The minimum Gasteiger partial charge on any atom is -0.336 e. The molecule has 15 heavy (non-hydrogen) atoms. The molecule has 0 aromatic rings. The highest BCUT2D eigenvalue weighted by molar-refractivity contribution is 5.74. The fourth-order valence-corrected chi connectivity index (χ4v) is 2.12. The first-order valence-electron chi connectivity index (χ1n) is 5.81. The predicted octanol–water partition coefficient (Wildman–Crippen LogP) is 1.31. The van der Waals surface area contributed by atoms with Crippen LogP contribution in [-0.2, 0) is 0 Å². The number of nitrogens with two attached hydrogens (primary N) is 1. The van der Waals surface area contributed by atoms with Crippen LogP contribution in [0.1, 0.15) is 39.5 Å². The van der Waals surface area contributed by atoms with E-state index in [4.69, 9.17) is 5.73 Å². The van der Waals surface area contributed by atoms with E-state index in [-0.39, 0.29) is 24.2 Å². The molecule has 1 saturated carbocycles. The standard InChI is InChI=1S/C11H23N3O/c1-8(2)13-11(15)14(3)10-7-5-4-6-9(10)12/h8-10H,4-7,12H2,1-3H3,(H,13,15). The summed E-state index contributed by atoms with van der Waals surface area (Å²) in [6.07, 6.45) is 4.43. The average Bonchev–Trinajstić information content (AvgIpc) is 2.16. The SMILES string of the molecule is CC(C)NC(=O)N(C)C1CCCCC1N. The summed E-state index contributed by atoms with van der Waals surface area (Å²) >= 11 is 0. The smallest absolute Gasteiger partial charge is 0.317 e. The van der Waals surface area contributed by atoms with Crippen LogP contribution in [0.5, 0.6) is 0 Å². The van der Waals surface area contributed by atoms with E-state index in [1.165, 1.54) is 12.8 Å². The fraction of sp³-hybridized carbons (Fsp3) is 0.909. The van der Waals surface area contributed by atoms with Gasteiger partial charge in [0, 0.05) is 25.2 Å². The molecule has 2 amide bonds. The molecule has 0 heterocycles. The average molecular weight is 213 g/mol. The molecule has 0 aromatic carbocycles. The molecular formula is C11H23N3O. The molecule has 0 saturated heterocycles. The first-order valence-corrected chi connectivity index (χ1v) is 5.81. The Labute approximate surface area is 92.2 Å². The second kappa shape index (κ2) is 5.35. The van der Waals surface area contributed by atoms with Gasteiger partial charge in [0.2, 0.25) is 0 Å². The lowest BCUT2D eigenvalue weighted by Gasteiger charge is -2.36. The molecule has 0 spiro atoms. The Kier molecular flexibility index (Phi) is 4.39. The lowest BCUT2D eigenvalue weighted by atomic mass is 9.90. The van der Waals surface area contributed by atoms with Gasteiger partial charge in [0.25, 0.3) is 0 Å². The van der Waals surface area contributed by atoms with Gasteiger partial charge in [-0.05, 0) is 26.7 Å². The Morgan fingerprint density at radius 2 is 2.00 bits per heavy atom. The highest BCUT2D eigenvalue weighted by Crippen LogP contribution is 2.20. The van der Waals surface area contributed by atoms with Gasteiger partial charge in [-0.3, -0.25) is 0 Å². The third kappa shape index (κ3) is 3.38. The van der Waals surface area contributed by atoms with E-state index in [1.807, 2.05) is 20.9 Å². The van der Waals surface area contributed by atoms with Crippen LogP contribution in [0, 0.1) is 0 Å². The van der Waals surface area contributed by atoms with Gasteiger partial charge in [-0.1, -0.05) is 12.8 Å². The minimum atomic E-state index is -0.00708. The minimum absolute atomic E-state index is 0.00708. The second-order valence-corrected chi connectivity index (χ2v) is 4.73. The lowest BCUT2D eigenvalue weighted by Crippen LogP contribution is -2.53. The monoisotopic (exact) mass is 213 g/mol. The second-order valence-electron chi connectivity index (χ2n) is 4.73. The summed E-state index contributed by atoms with van der Waals surface area (Å²) in [4.78, 5) is 13.5. The number of hydrogen-bond donors (Lipinski definition) is 2. The summed E-state index contributed by atoms with van der Waals surface area (Å²) in [7, 11) is 1.84. The first kappa shape index (κ1) is 12.3. The molecule has 88 valence electrons. The van der Waals surface area contributed by atoms with Crippen molar-refractivity contribution in [3.05, 3.63) is 0 Å². The van der Waals surface area contributed by atoms with Crippen LogP contribution < -0.4 is 11.1 Å². The van der Waals surface area contributed by atoms with Crippen molar-refractivity contribution in [3.8, 4) is 0 Å². The van der Waals surface area contributed by atoms with Gasteiger partial charge in [0.15, 0.2) is 0 Å². The van der Waals surface area contributed by atoms with E-state index in [0.29, 0.717) is 0 Å². The number of nitrogens with one attached hydrogen (secondary N) is 1. The summed E-state index contributed by atoms with van der Waals surface area (Å²) in [5.74, 6) is 0. The van der Waals surface area contributed by atoms with Crippen molar-refractivity contribution >= 4 is 6.03 Å². The van der Waals surface area contributed by atoms with Crippen molar-refractivity contribution in [3.63, 3.8) is 0 Å². The topological polar surface area (TPSA) is 58.4 Å². The zero-order chi connectivity index (χ0) is 11.4. The Bertz CT molecular complexity index is 218. The number of urea groups is 1. The Morgan fingerprint density at radius 3 is 2.53 bits per heavy atom. The van der Waals surface area contributed by atoms with E-state index >= 15 is 0 Å².